The van der Waals surface area contributed by atoms with Gasteiger partial charge in [-0.25, -0.2) is 0 Å². The Kier molecular flexibility index (Phi) is 3.97. The fourth-order valence-electron chi connectivity index (χ4n) is 2.62. The Bertz CT molecular complexity index is 568. The summed E-state index contributed by atoms with van der Waals surface area (Å²) in [6.07, 6.45) is 5.79. The van der Waals surface area contributed by atoms with Crippen molar-refractivity contribution in [2.24, 2.45) is 0 Å². The summed E-state index contributed by atoms with van der Waals surface area (Å²) in [5, 5.41) is 3.63. The van der Waals surface area contributed by atoms with Crippen molar-refractivity contribution >= 4 is 0 Å². The fraction of sp³-hybridized carbons (Fsp3) is 0.353. The number of aromatic nitrogens is 1. The van der Waals surface area contributed by atoms with Crippen molar-refractivity contribution < 1.29 is 4.74 Å². The normalized spacial score (nSPS) is 17.4. The Balaban J connectivity index is 1.75. The number of nitrogens with zero attached hydrogens (tertiary/aromatic N) is 1. The molecule has 0 bridgehead atoms. The van der Waals surface area contributed by atoms with Crippen LogP contribution in [0.25, 0.3) is 0 Å². The molecule has 0 radical (unpaired) electrons. The van der Waals surface area contributed by atoms with E-state index in [1.54, 1.807) is 6.20 Å². The predicted molar refractivity (Wildman–Crippen MR) is 79.7 cm³/mol. The van der Waals surface area contributed by atoms with Gasteiger partial charge in [0.2, 0.25) is 0 Å². The summed E-state index contributed by atoms with van der Waals surface area (Å²) in [6, 6.07) is 11.0. The molecule has 0 saturated carbocycles. The first-order valence-electron chi connectivity index (χ1n) is 7.24. The highest BCUT2D eigenvalue weighted by Gasteiger charge is 2.21. The highest BCUT2D eigenvalue weighted by molar-refractivity contribution is 5.40. The summed E-state index contributed by atoms with van der Waals surface area (Å²) >= 11 is 0. The molecule has 0 saturated heterocycles. The minimum absolute atomic E-state index is 0.366. The van der Waals surface area contributed by atoms with E-state index in [-0.39, 0.29) is 0 Å². The molecule has 104 valence electrons. The summed E-state index contributed by atoms with van der Waals surface area (Å²) < 4.78 is 5.75. The van der Waals surface area contributed by atoms with Crippen molar-refractivity contribution in [3.63, 3.8) is 0 Å². The van der Waals surface area contributed by atoms with Crippen LogP contribution < -0.4 is 10.1 Å². The van der Waals surface area contributed by atoms with E-state index >= 15 is 0 Å². The smallest absolute Gasteiger partial charge is 0.124 e. The molecule has 2 aromatic rings. The number of hydrogen-bond acceptors (Lipinski definition) is 3. The van der Waals surface area contributed by atoms with Gasteiger partial charge in [0.15, 0.2) is 0 Å². The van der Waals surface area contributed by atoms with Gasteiger partial charge in [-0.15, -0.1) is 0 Å². The molecule has 0 spiro atoms. The molecule has 20 heavy (non-hydrogen) atoms. The van der Waals surface area contributed by atoms with Gasteiger partial charge >= 0.3 is 0 Å². The topological polar surface area (TPSA) is 34.2 Å². The average molecular weight is 268 g/mol. The molecule has 0 aliphatic carbocycles. The lowest BCUT2D eigenvalue weighted by molar-refractivity contribution is 0.252. The third-order valence-corrected chi connectivity index (χ3v) is 3.80. The monoisotopic (exact) mass is 268 g/mol. The number of rotatable bonds is 4. The van der Waals surface area contributed by atoms with E-state index in [1.165, 1.54) is 16.7 Å². The first-order valence-corrected chi connectivity index (χ1v) is 7.24. The highest BCUT2D eigenvalue weighted by atomic mass is 16.5. The lowest BCUT2D eigenvalue weighted by atomic mass is 9.97. The Morgan fingerprint density at radius 3 is 3.05 bits per heavy atom. The van der Waals surface area contributed by atoms with Gasteiger partial charge in [0.25, 0.3) is 0 Å². The maximum Gasteiger partial charge on any atom is 0.124 e. The van der Waals surface area contributed by atoms with E-state index < -0.39 is 0 Å². The van der Waals surface area contributed by atoms with Crippen LogP contribution in [-0.4, -0.2) is 11.6 Å². The first-order chi connectivity index (χ1) is 9.86. The quantitative estimate of drug-likeness (QED) is 0.924. The Hall–Kier alpha value is -1.87. The molecule has 1 atom stereocenters. The van der Waals surface area contributed by atoms with E-state index in [1.807, 2.05) is 12.3 Å². The minimum atomic E-state index is 0.366. The molecule has 3 heteroatoms. The zero-order valence-electron chi connectivity index (χ0n) is 11.8. The van der Waals surface area contributed by atoms with Crippen LogP contribution >= 0.6 is 0 Å². The molecular weight excluding hydrogens is 248 g/mol. The molecule has 0 amide bonds. The van der Waals surface area contributed by atoms with Gasteiger partial charge in [-0.3, -0.25) is 4.98 Å². The number of nitrogens with one attached hydrogen (secondary N) is 1. The van der Waals surface area contributed by atoms with E-state index in [2.05, 4.69) is 41.5 Å². The Morgan fingerprint density at radius 1 is 1.30 bits per heavy atom. The maximum atomic E-state index is 5.75. The summed E-state index contributed by atoms with van der Waals surface area (Å²) in [7, 11) is 0. The van der Waals surface area contributed by atoms with Crippen molar-refractivity contribution in [1.29, 1.82) is 0 Å². The number of fused-ring (bicyclic) bond motifs is 1. The second-order valence-electron chi connectivity index (χ2n) is 5.16. The van der Waals surface area contributed by atoms with Crippen LogP contribution in [0, 0.1) is 0 Å². The van der Waals surface area contributed by atoms with Crippen molar-refractivity contribution in [1.82, 2.24) is 10.3 Å². The summed E-state index contributed by atoms with van der Waals surface area (Å²) in [4.78, 5) is 4.16. The third-order valence-electron chi connectivity index (χ3n) is 3.80. The summed E-state index contributed by atoms with van der Waals surface area (Å²) in [5.41, 5.74) is 3.87. The molecular formula is C17H20N2O. The lowest BCUT2D eigenvalue weighted by Crippen LogP contribution is -2.27. The second-order valence-corrected chi connectivity index (χ2v) is 5.16. The molecule has 1 aliphatic heterocycles. The van der Waals surface area contributed by atoms with E-state index in [0.29, 0.717) is 6.04 Å². The maximum absolute atomic E-state index is 5.75. The van der Waals surface area contributed by atoms with Crippen LogP contribution in [0.4, 0.5) is 0 Å². The van der Waals surface area contributed by atoms with Crippen LogP contribution in [-0.2, 0) is 13.0 Å². The van der Waals surface area contributed by atoms with E-state index in [0.717, 1.165) is 31.7 Å². The van der Waals surface area contributed by atoms with E-state index in [9.17, 15) is 0 Å². The molecule has 1 aromatic carbocycles. The minimum Gasteiger partial charge on any atom is -0.493 e. The van der Waals surface area contributed by atoms with Crippen molar-refractivity contribution in [2.45, 2.75) is 32.4 Å². The Labute approximate surface area is 120 Å². The molecule has 1 unspecified atom stereocenters. The van der Waals surface area contributed by atoms with Crippen LogP contribution in [0.2, 0.25) is 0 Å². The first kappa shape index (κ1) is 13.1. The van der Waals surface area contributed by atoms with Gasteiger partial charge in [-0.05, 0) is 29.7 Å². The van der Waals surface area contributed by atoms with E-state index in [4.69, 9.17) is 4.74 Å². The van der Waals surface area contributed by atoms with Crippen LogP contribution in [0.3, 0.4) is 0 Å². The largest absolute Gasteiger partial charge is 0.493 e. The molecule has 1 aliphatic rings. The van der Waals surface area contributed by atoms with Gasteiger partial charge in [-0.2, -0.15) is 0 Å². The molecule has 3 rings (SSSR count). The summed E-state index contributed by atoms with van der Waals surface area (Å²) in [5.74, 6) is 1.03. The van der Waals surface area contributed by atoms with Crippen LogP contribution in [0.5, 0.6) is 5.75 Å². The molecule has 3 nitrogen and oxygen atoms in total. The average Bonchev–Trinajstić information content (AvgIpc) is 2.53. The predicted octanol–water partition coefficient (Wildman–Crippen LogP) is 3.26. The highest BCUT2D eigenvalue weighted by Crippen LogP contribution is 2.33. The zero-order valence-corrected chi connectivity index (χ0v) is 11.8. The number of aryl methyl sites for hydroxylation is 1. The van der Waals surface area contributed by atoms with Crippen LogP contribution in [0.15, 0.2) is 42.7 Å². The van der Waals surface area contributed by atoms with Crippen LogP contribution in [0.1, 0.15) is 36.1 Å². The fourth-order valence-corrected chi connectivity index (χ4v) is 2.62. The van der Waals surface area contributed by atoms with Crippen molar-refractivity contribution in [2.75, 3.05) is 6.61 Å². The molecule has 2 heterocycles. The number of hydrogen-bond donors (Lipinski definition) is 1. The van der Waals surface area contributed by atoms with Gasteiger partial charge in [0, 0.05) is 37.0 Å². The van der Waals surface area contributed by atoms with Gasteiger partial charge in [0.05, 0.1) is 6.61 Å². The number of ether oxygens (including phenoxy) is 1. The molecule has 1 aromatic heterocycles. The third kappa shape index (κ3) is 2.83. The zero-order chi connectivity index (χ0) is 13.8. The molecule has 0 fully saturated rings. The summed E-state index contributed by atoms with van der Waals surface area (Å²) in [6.45, 7) is 3.81. The van der Waals surface area contributed by atoms with Gasteiger partial charge in [0.1, 0.15) is 5.75 Å². The van der Waals surface area contributed by atoms with Crippen molar-refractivity contribution in [3.8, 4) is 5.75 Å². The Morgan fingerprint density at radius 2 is 2.25 bits per heavy atom. The van der Waals surface area contributed by atoms with Crippen molar-refractivity contribution in [3.05, 3.63) is 59.4 Å². The number of pyridine rings is 1. The van der Waals surface area contributed by atoms with Gasteiger partial charge in [-0.1, -0.05) is 25.1 Å². The lowest BCUT2D eigenvalue weighted by Gasteiger charge is -2.27. The SMILES string of the molecule is CCc1ccc2c(c1)C(NCc1cccnc1)CCO2. The second kappa shape index (κ2) is 6.06. The molecule has 1 N–H and O–H groups in total. The number of benzene rings is 1. The standard InChI is InChI=1S/C17H20N2O/c1-2-13-5-6-17-15(10-13)16(7-9-20-17)19-12-14-4-3-8-18-11-14/h3-6,8,10-11,16,19H,2,7,9,12H2,1H3. The van der Waals surface area contributed by atoms with Gasteiger partial charge < -0.3 is 10.1 Å².